The first kappa shape index (κ1) is 15.9. The normalized spacial score (nSPS) is 10.4. The summed E-state index contributed by atoms with van der Waals surface area (Å²) in [6, 6.07) is 0. The number of hydrogen-bond acceptors (Lipinski definition) is 4. The van der Waals surface area contributed by atoms with E-state index in [4.69, 9.17) is 4.74 Å². The number of hydrogen-bond donors (Lipinski definition) is 1. The van der Waals surface area contributed by atoms with Gasteiger partial charge >= 0.3 is 5.97 Å². The van der Waals surface area contributed by atoms with Crippen LogP contribution in [0.2, 0.25) is 0 Å². The zero-order valence-electron chi connectivity index (χ0n) is 11.1. The number of carbonyl (C=O) groups is 2. The topological polar surface area (TPSA) is 58.6 Å². The lowest BCUT2D eigenvalue weighted by atomic mass is 10.4. The van der Waals surface area contributed by atoms with Gasteiger partial charge < -0.3 is 10.1 Å². The molecule has 0 unspecified atom stereocenters. The summed E-state index contributed by atoms with van der Waals surface area (Å²) in [7, 11) is 1.73. The number of rotatable bonds is 9. The number of nitrogens with one attached hydrogen (secondary N) is 1. The molecule has 100 valence electrons. The van der Waals surface area contributed by atoms with Crippen LogP contribution < -0.4 is 5.32 Å². The average molecular weight is 244 g/mol. The van der Waals surface area contributed by atoms with E-state index in [2.05, 4.69) is 5.32 Å². The van der Waals surface area contributed by atoms with Gasteiger partial charge in [0, 0.05) is 6.54 Å². The van der Waals surface area contributed by atoms with Gasteiger partial charge in [0.15, 0.2) is 0 Å². The zero-order valence-corrected chi connectivity index (χ0v) is 11.1. The summed E-state index contributed by atoms with van der Waals surface area (Å²) in [5.41, 5.74) is 0. The highest BCUT2D eigenvalue weighted by molar-refractivity contribution is 5.79. The third kappa shape index (κ3) is 9.81. The molecule has 0 fully saturated rings. The standard InChI is InChI=1S/C12H24N2O3/c1-4-6-8-17-12(16)10-14(3)9-11(15)13-7-5-2/h4-10H2,1-3H3,(H,13,15). The second-order valence-corrected chi connectivity index (χ2v) is 4.10. The summed E-state index contributed by atoms with van der Waals surface area (Å²) in [5.74, 6) is -0.333. The van der Waals surface area contributed by atoms with Gasteiger partial charge in [-0.15, -0.1) is 0 Å². The third-order valence-corrected chi connectivity index (χ3v) is 2.15. The molecule has 0 aliphatic heterocycles. The van der Waals surface area contributed by atoms with E-state index < -0.39 is 0 Å². The fourth-order valence-electron chi connectivity index (χ4n) is 1.22. The molecule has 1 amide bonds. The Morgan fingerprint density at radius 2 is 1.88 bits per heavy atom. The Labute approximate surface area is 103 Å². The van der Waals surface area contributed by atoms with Crippen molar-refractivity contribution in [3.05, 3.63) is 0 Å². The Balaban J connectivity index is 3.65. The van der Waals surface area contributed by atoms with Crippen LogP contribution in [0.15, 0.2) is 0 Å². The molecule has 0 radical (unpaired) electrons. The molecule has 0 aromatic carbocycles. The summed E-state index contributed by atoms with van der Waals surface area (Å²) in [4.78, 5) is 24.3. The molecular weight excluding hydrogens is 220 g/mol. The molecule has 1 N–H and O–H groups in total. The average Bonchev–Trinajstić information content (AvgIpc) is 2.26. The first-order valence-electron chi connectivity index (χ1n) is 6.21. The lowest BCUT2D eigenvalue weighted by molar-refractivity contribution is -0.144. The van der Waals surface area contributed by atoms with Crippen molar-refractivity contribution in [2.75, 3.05) is 33.3 Å². The van der Waals surface area contributed by atoms with Crippen molar-refractivity contribution in [3.8, 4) is 0 Å². The van der Waals surface area contributed by atoms with E-state index in [9.17, 15) is 9.59 Å². The first-order chi connectivity index (χ1) is 8.10. The highest BCUT2D eigenvalue weighted by atomic mass is 16.5. The van der Waals surface area contributed by atoms with Crippen LogP contribution in [0, 0.1) is 0 Å². The van der Waals surface area contributed by atoms with Gasteiger partial charge in [0.25, 0.3) is 0 Å². The monoisotopic (exact) mass is 244 g/mol. The molecule has 0 saturated heterocycles. The molecule has 5 nitrogen and oxygen atoms in total. The molecule has 5 heteroatoms. The molecule has 0 spiro atoms. The summed E-state index contributed by atoms with van der Waals surface area (Å²) in [5, 5.41) is 2.76. The number of nitrogens with zero attached hydrogens (tertiary/aromatic N) is 1. The zero-order chi connectivity index (χ0) is 13.1. The number of ether oxygens (including phenoxy) is 1. The molecule has 0 aliphatic carbocycles. The molecule has 0 aliphatic rings. The van der Waals surface area contributed by atoms with Gasteiger partial charge in [-0.05, 0) is 19.9 Å². The molecule has 0 heterocycles. The predicted molar refractivity (Wildman–Crippen MR) is 66.7 cm³/mol. The Kier molecular flexibility index (Phi) is 9.43. The molecule has 0 saturated carbocycles. The van der Waals surface area contributed by atoms with Gasteiger partial charge in [-0.3, -0.25) is 14.5 Å². The van der Waals surface area contributed by atoms with Crippen molar-refractivity contribution in [1.82, 2.24) is 10.2 Å². The molecule has 0 rings (SSSR count). The number of amides is 1. The maximum atomic E-state index is 11.3. The van der Waals surface area contributed by atoms with Gasteiger partial charge in [-0.1, -0.05) is 20.3 Å². The molecular formula is C12H24N2O3. The van der Waals surface area contributed by atoms with Gasteiger partial charge in [-0.2, -0.15) is 0 Å². The van der Waals surface area contributed by atoms with Crippen LogP contribution in [0.5, 0.6) is 0 Å². The van der Waals surface area contributed by atoms with E-state index >= 15 is 0 Å². The van der Waals surface area contributed by atoms with Gasteiger partial charge in [-0.25, -0.2) is 0 Å². The van der Waals surface area contributed by atoms with Crippen molar-refractivity contribution < 1.29 is 14.3 Å². The van der Waals surface area contributed by atoms with Crippen molar-refractivity contribution >= 4 is 11.9 Å². The predicted octanol–water partition coefficient (Wildman–Crippen LogP) is 0.788. The quantitative estimate of drug-likeness (QED) is 0.481. The molecule has 0 bridgehead atoms. The molecule has 0 atom stereocenters. The third-order valence-electron chi connectivity index (χ3n) is 2.15. The van der Waals surface area contributed by atoms with Crippen molar-refractivity contribution in [1.29, 1.82) is 0 Å². The number of carbonyl (C=O) groups excluding carboxylic acids is 2. The van der Waals surface area contributed by atoms with E-state index in [-0.39, 0.29) is 25.0 Å². The van der Waals surface area contributed by atoms with E-state index in [1.807, 2.05) is 13.8 Å². The molecule has 0 aromatic heterocycles. The van der Waals surface area contributed by atoms with Crippen LogP contribution in [0.3, 0.4) is 0 Å². The van der Waals surface area contributed by atoms with Crippen molar-refractivity contribution in [3.63, 3.8) is 0 Å². The fourth-order valence-corrected chi connectivity index (χ4v) is 1.22. The van der Waals surface area contributed by atoms with Crippen LogP contribution >= 0.6 is 0 Å². The summed E-state index contributed by atoms with van der Waals surface area (Å²) in [6.07, 6.45) is 2.80. The highest BCUT2D eigenvalue weighted by Gasteiger charge is 2.10. The van der Waals surface area contributed by atoms with Crippen LogP contribution in [-0.4, -0.2) is 50.1 Å². The van der Waals surface area contributed by atoms with Crippen LogP contribution in [0.25, 0.3) is 0 Å². The largest absolute Gasteiger partial charge is 0.465 e. The lowest BCUT2D eigenvalue weighted by Gasteiger charge is -2.15. The summed E-state index contributed by atoms with van der Waals surface area (Å²) >= 11 is 0. The smallest absolute Gasteiger partial charge is 0.320 e. The first-order valence-corrected chi connectivity index (χ1v) is 6.21. The van der Waals surface area contributed by atoms with E-state index in [1.165, 1.54) is 0 Å². The number of unbranched alkanes of at least 4 members (excludes halogenated alkanes) is 1. The molecule has 0 aromatic rings. The Hall–Kier alpha value is -1.10. The maximum Gasteiger partial charge on any atom is 0.320 e. The second kappa shape index (κ2) is 10.1. The minimum atomic E-state index is -0.274. The van der Waals surface area contributed by atoms with Gasteiger partial charge in [0.1, 0.15) is 0 Å². The van der Waals surface area contributed by atoms with Gasteiger partial charge in [0.2, 0.25) is 5.91 Å². The van der Waals surface area contributed by atoms with Crippen molar-refractivity contribution in [2.45, 2.75) is 33.1 Å². The second-order valence-electron chi connectivity index (χ2n) is 4.10. The van der Waals surface area contributed by atoms with Crippen LogP contribution in [0.4, 0.5) is 0 Å². The number of esters is 1. The van der Waals surface area contributed by atoms with Crippen molar-refractivity contribution in [2.24, 2.45) is 0 Å². The lowest BCUT2D eigenvalue weighted by Crippen LogP contribution is -2.38. The summed E-state index contributed by atoms with van der Waals surface area (Å²) < 4.78 is 5.00. The number of likely N-dealkylation sites (N-methyl/N-ethyl adjacent to an activating group) is 1. The van der Waals surface area contributed by atoms with E-state index in [0.29, 0.717) is 13.2 Å². The maximum absolute atomic E-state index is 11.3. The summed E-state index contributed by atoms with van der Waals surface area (Å²) in [6.45, 7) is 5.55. The fraction of sp³-hybridized carbons (Fsp3) is 0.833. The Morgan fingerprint density at radius 1 is 1.18 bits per heavy atom. The molecule has 17 heavy (non-hydrogen) atoms. The van der Waals surface area contributed by atoms with Gasteiger partial charge in [0.05, 0.1) is 19.7 Å². The Bertz CT molecular complexity index is 232. The van der Waals surface area contributed by atoms with E-state index in [0.717, 1.165) is 19.3 Å². The minimum Gasteiger partial charge on any atom is -0.465 e. The highest BCUT2D eigenvalue weighted by Crippen LogP contribution is 1.91. The minimum absolute atomic E-state index is 0.0595. The van der Waals surface area contributed by atoms with E-state index in [1.54, 1.807) is 11.9 Å². The van der Waals surface area contributed by atoms with Crippen LogP contribution in [0.1, 0.15) is 33.1 Å². The van der Waals surface area contributed by atoms with Crippen LogP contribution in [-0.2, 0) is 14.3 Å². The SMILES string of the molecule is CCCCOC(=O)CN(C)CC(=O)NCCC. The Morgan fingerprint density at radius 3 is 2.47 bits per heavy atom.